The Bertz CT molecular complexity index is 2500. The number of aromatic nitrogens is 3. The molecule has 0 radical (unpaired) electrons. The van der Waals surface area contributed by atoms with Gasteiger partial charge < -0.3 is 0 Å². The molecule has 228 valence electrons. The van der Waals surface area contributed by atoms with Gasteiger partial charge in [0.15, 0.2) is 0 Å². The summed E-state index contributed by atoms with van der Waals surface area (Å²) in [5.41, 5.74) is 17.9. The van der Waals surface area contributed by atoms with Crippen molar-refractivity contribution in [3.05, 3.63) is 162 Å². The minimum atomic E-state index is 0.0239. The normalized spacial score (nSPS) is 11.9. The van der Waals surface area contributed by atoms with Crippen LogP contribution in [0.5, 0.6) is 0 Å². The molecular weight excluding hydrogens is 649 g/mol. The van der Waals surface area contributed by atoms with Crippen molar-refractivity contribution in [1.82, 2.24) is 15.4 Å². The van der Waals surface area contributed by atoms with Crippen molar-refractivity contribution >= 4 is 24.1 Å². The van der Waals surface area contributed by atoms with Gasteiger partial charge in [-0.25, -0.2) is 0 Å². The van der Waals surface area contributed by atoms with E-state index >= 15 is 0 Å². The van der Waals surface area contributed by atoms with Crippen molar-refractivity contribution in [2.75, 3.05) is 0 Å². The van der Waals surface area contributed by atoms with Crippen LogP contribution in [-0.2, 0) is 6.42 Å². The maximum absolute atomic E-state index is 4.97. The Morgan fingerprint density at radius 3 is 2.00 bits per heavy atom. The zero-order valence-corrected chi connectivity index (χ0v) is 28.4. The van der Waals surface area contributed by atoms with Gasteiger partial charge in [-0.2, -0.15) is 0 Å². The molecule has 0 saturated heterocycles. The number of nitrogens with zero attached hydrogens (tertiary/aromatic N) is 3. The molecule has 0 fully saturated rings. The Balaban J connectivity index is 1.39. The molecule has 2 aromatic heterocycles. The average Bonchev–Trinajstić information content (AvgIpc) is 3.72. The topological polar surface area (TPSA) is 38.7 Å². The number of hydrogen-bond acceptors (Lipinski definition) is 3. The van der Waals surface area contributed by atoms with E-state index in [1.54, 1.807) is 0 Å². The molecule has 4 heteroatoms. The summed E-state index contributed by atoms with van der Waals surface area (Å²) in [6.45, 7) is 4.49. The van der Waals surface area contributed by atoms with E-state index in [4.69, 9.17) is 10.2 Å². The molecule has 48 heavy (non-hydrogen) atoms. The first-order chi connectivity index (χ1) is 23.7. The van der Waals surface area contributed by atoms with Crippen LogP contribution in [0.25, 0.3) is 75.5 Å². The number of benzene rings is 6. The third kappa shape index (κ3) is 4.60. The third-order valence-electron chi connectivity index (χ3n) is 9.81. The zero-order valence-electron chi connectivity index (χ0n) is 26.7. The predicted octanol–water partition coefficient (Wildman–Crippen LogP) is 10.6. The summed E-state index contributed by atoms with van der Waals surface area (Å²) in [7, 11) is 0. The van der Waals surface area contributed by atoms with Crippen LogP contribution in [0.15, 0.2) is 140 Å². The quantitative estimate of drug-likeness (QED) is 0.170. The fourth-order valence-corrected chi connectivity index (χ4v) is 9.95. The van der Waals surface area contributed by atoms with E-state index in [0.717, 1.165) is 34.5 Å². The Hall–Kier alpha value is -5.41. The van der Waals surface area contributed by atoms with Gasteiger partial charge in [-0.05, 0) is 0 Å². The summed E-state index contributed by atoms with van der Waals surface area (Å²) in [6, 6.07) is 50.2. The van der Waals surface area contributed by atoms with Gasteiger partial charge in [-0.1, -0.05) is 0 Å². The summed E-state index contributed by atoms with van der Waals surface area (Å²) in [5.74, 6) is 0. The van der Waals surface area contributed by atoms with Gasteiger partial charge in [-0.15, -0.1) is 0 Å². The van der Waals surface area contributed by atoms with Crippen LogP contribution in [0.2, 0.25) is 0 Å². The molecule has 0 aliphatic heterocycles. The van der Waals surface area contributed by atoms with Crippen LogP contribution in [0, 0.1) is 13.8 Å². The SMILES string of the molecule is Cc1ccc(-c2c(-c3ccccc3)nnnc2-c2[se]c3ccccc3c2-c2ccccc2)c(-c2cccc3c2Cc2ccccc2-3)c1C. The van der Waals surface area contributed by atoms with Crippen molar-refractivity contribution in [1.29, 1.82) is 0 Å². The van der Waals surface area contributed by atoms with E-state index in [1.807, 2.05) is 0 Å². The molecule has 1 aliphatic carbocycles. The van der Waals surface area contributed by atoms with Gasteiger partial charge in [0.1, 0.15) is 0 Å². The molecule has 1 aliphatic rings. The molecule has 0 amide bonds. The van der Waals surface area contributed by atoms with Crippen LogP contribution in [-0.4, -0.2) is 29.9 Å². The van der Waals surface area contributed by atoms with Gasteiger partial charge >= 0.3 is 288 Å². The van der Waals surface area contributed by atoms with Crippen LogP contribution >= 0.6 is 0 Å². The molecule has 0 N–H and O–H groups in total. The van der Waals surface area contributed by atoms with Crippen molar-refractivity contribution in [3.63, 3.8) is 0 Å². The van der Waals surface area contributed by atoms with Crippen molar-refractivity contribution in [2.24, 2.45) is 0 Å². The third-order valence-corrected chi connectivity index (χ3v) is 12.3. The summed E-state index contributed by atoms with van der Waals surface area (Å²) >= 11 is 0.0239. The van der Waals surface area contributed by atoms with Gasteiger partial charge in [-0.3, -0.25) is 0 Å². The van der Waals surface area contributed by atoms with Gasteiger partial charge in [0.25, 0.3) is 0 Å². The molecule has 0 unspecified atom stereocenters. The van der Waals surface area contributed by atoms with E-state index in [-0.39, 0.29) is 14.5 Å². The second-order valence-corrected chi connectivity index (χ2v) is 14.7. The van der Waals surface area contributed by atoms with Crippen LogP contribution in [0.4, 0.5) is 0 Å². The zero-order chi connectivity index (χ0) is 32.2. The van der Waals surface area contributed by atoms with Gasteiger partial charge in [0.05, 0.1) is 0 Å². The number of aryl methyl sites for hydroxylation is 1. The molecule has 3 nitrogen and oxygen atoms in total. The standard InChI is InChI=1S/C44H31N3Se/c1-27-24-25-36(39(28(27)2)34-22-13-21-33-32-19-10-9-18-31(32)26-37(33)34)41-42(30-16-7-4-8-17-30)45-47-46-43(41)44-40(29-14-5-3-6-15-29)35-20-11-12-23-38(35)48-44/h3-25H,26H2,1-2H3. The Morgan fingerprint density at radius 1 is 0.500 bits per heavy atom. The van der Waals surface area contributed by atoms with Crippen molar-refractivity contribution in [3.8, 4) is 65.9 Å². The first-order valence-electron chi connectivity index (χ1n) is 16.3. The monoisotopic (exact) mass is 681 g/mol. The maximum atomic E-state index is 4.97. The molecule has 6 aromatic carbocycles. The van der Waals surface area contributed by atoms with E-state index < -0.39 is 0 Å². The summed E-state index contributed by atoms with van der Waals surface area (Å²) in [6.07, 6.45) is 0.918. The Morgan fingerprint density at radius 2 is 1.17 bits per heavy atom. The Labute approximate surface area is 286 Å². The molecule has 8 aromatic rings. The minimum absolute atomic E-state index is 0.0239. The molecule has 2 heterocycles. The summed E-state index contributed by atoms with van der Waals surface area (Å²) in [4.78, 5) is 0. The molecule has 0 saturated carbocycles. The Kier molecular flexibility index (Phi) is 7.00. The fourth-order valence-electron chi connectivity index (χ4n) is 7.40. The summed E-state index contributed by atoms with van der Waals surface area (Å²) in [5, 5.41) is 15.6. The molecule has 9 rings (SSSR count). The van der Waals surface area contributed by atoms with Crippen LogP contribution < -0.4 is 0 Å². The van der Waals surface area contributed by atoms with E-state index in [9.17, 15) is 0 Å². The molecule has 0 spiro atoms. The van der Waals surface area contributed by atoms with Crippen LogP contribution in [0.1, 0.15) is 22.3 Å². The fraction of sp³-hybridized carbons (Fsp3) is 0.0682. The molecule has 0 bridgehead atoms. The first kappa shape index (κ1) is 28.8. The van der Waals surface area contributed by atoms with E-state index in [0.29, 0.717) is 0 Å². The number of fused-ring (bicyclic) bond motifs is 4. The van der Waals surface area contributed by atoms with Crippen LogP contribution in [0.3, 0.4) is 0 Å². The molecular formula is C44H31N3Se. The number of hydrogen-bond donors (Lipinski definition) is 0. The van der Waals surface area contributed by atoms with Gasteiger partial charge in [0, 0.05) is 0 Å². The predicted molar refractivity (Wildman–Crippen MR) is 199 cm³/mol. The van der Waals surface area contributed by atoms with Crippen molar-refractivity contribution < 1.29 is 0 Å². The second kappa shape index (κ2) is 11.7. The first-order valence-corrected chi connectivity index (χ1v) is 18.1. The van der Waals surface area contributed by atoms with E-state index in [2.05, 4.69) is 159 Å². The molecule has 0 atom stereocenters. The number of rotatable bonds is 5. The second-order valence-electron chi connectivity index (χ2n) is 12.5. The van der Waals surface area contributed by atoms with E-state index in [1.165, 1.54) is 69.7 Å². The van der Waals surface area contributed by atoms with Gasteiger partial charge in [0.2, 0.25) is 0 Å². The summed E-state index contributed by atoms with van der Waals surface area (Å²) < 4.78 is 2.61. The van der Waals surface area contributed by atoms with Crippen molar-refractivity contribution in [2.45, 2.75) is 20.3 Å². The average molecular weight is 681 g/mol.